The molecule has 0 saturated carbocycles. The van der Waals surface area contributed by atoms with Crippen LogP contribution in [0.2, 0.25) is 0 Å². The maximum atomic E-state index is 11.8. The lowest BCUT2D eigenvalue weighted by atomic mass is 9.94. The Labute approximate surface area is 108 Å². The Morgan fingerprint density at radius 3 is 2.95 bits per heavy atom. The number of aromatic nitrogens is 2. The number of nitrogen functional groups attached to an aromatic ring is 1. The maximum Gasteiger partial charge on any atom is 0.352 e. The molecule has 0 amide bonds. The lowest BCUT2D eigenvalue weighted by molar-refractivity contribution is -0.101. The van der Waals surface area contributed by atoms with Gasteiger partial charge in [-0.1, -0.05) is 0 Å². The number of ether oxygens (including phenoxy) is 1. The molecule has 3 unspecified atom stereocenters. The molecule has 102 valence electrons. The number of nitrogens with zero attached hydrogens (tertiary/aromatic N) is 3. The maximum absolute atomic E-state index is 11.8. The second kappa shape index (κ2) is 4.31. The molecule has 2 heterocycles. The molecule has 1 aliphatic heterocycles. The number of hydrogen-bond acceptors (Lipinski definition) is 7. The lowest BCUT2D eigenvalue weighted by Gasteiger charge is -2.22. The summed E-state index contributed by atoms with van der Waals surface area (Å²) in [6, 6.07) is 3.21. The van der Waals surface area contributed by atoms with Gasteiger partial charge in [0.05, 0.1) is 12.2 Å². The van der Waals surface area contributed by atoms with E-state index < -0.39 is 29.7 Å². The number of rotatable bonds is 2. The molecular weight excluding hydrogens is 252 g/mol. The number of nitriles is 1. The Morgan fingerprint density at radius 1 is 1.79 bits per heavy atom. The van der Waals surface area contributed by atoms with Gasteiger partial charge < -0.3 is 20.7 Å². The minimum Gasteiger partial charge on any atom is -0.394 e. The fourth-order valence-corrected chi connectivity index (χ4v) is 2.19. The molecular formula is C11H14N4O4. The van der Waals surface area contributed by atoms with Crippen molar-refractivity contribution in [3.8, 4) is 6.07 Å². The first-order valence-electron chi connectivity index (χ1n) is 5.62. The Kier molecular flexibility index (Phi) is 3.06. The summed E-state index contributed by atoms with van der Waals surface area (Å²) in [4.78, 5) is 15.3. The van der Waals surface area contributed by atoms with E-state index in [1.165, 1.54) is 19.2 Å². The molecule has 0 aliphatic carbocycles. The average Bonchev–Trinajstić information content (AvgIpc) is 2.61. The van der Waals surface area contributed by atoms with E-state index in [2.05, 4.69) is 4.98 Å². The molecule has 2 rings (SSSR count). The van der Waals surface area contributed by atoms with Crippen molar-refractivity contribution >= 4 is 5.82 Å². The van der Waals surface area contributed by atoms with Gasteiger partial charge >= 0.3 is 5.69 Å². The third kappa shape index (κ3) is 2.08. The zero-order valence-corrected chi connectivity index (χ0v) is 10.3. The Balaban J connectivity index is 2.52. The minimum atomic E-state index is -1.70. The smallest absolute Gasteiger partial charge is 0.352 e. The summed E-state index contributed by atoms with van der Waals surface area (Å²) in [6.07, 6.45) is 0.160. The molecule has 1 fully saturated rings. The van der Waals surface area contributed by atoms with Crippen LogP contribution in [-0.4, -0.2) is 38.1 Å². The molecule has 1 saturated heterocycles. The van der Waals surface area contributed by atoms with Gasteiger partial charge in [0.15, 0.2) is 0 Å². The summed E-state index contributed by atoms with van der Waals surface area (Å²) in [5, 5.41) is 28.6. The molecule has 19 heavy (non-hydrogen) atoms. The van der Waals surface area contributed by atoms with Gasteiger partial charge in [-0.15, -0.1) is 0 Å². The van der Waals surface area contributed by atoms with Gasteiger partial charge in [-0.2, -0.15) is 10.2 Å². The largest absolute Gasteiger partial charge is 0.394 e. The van der Waals surface area contributed by atoms with Crippen LogP contribution in [0.1, 0.15) is 13.3 Å². The van der Waals surface area contributed by atoms with Crippen molar-refractivity contribution in [2.24, 2.45) is 0 Å². The van der Waals surface area contributed by atoms with E-state index in [4.69, 9.17) is 10.5 Å². The molecule has 8 nitrogen and oxygen atoms in total. The molecule has 1 aliphatic rings. The van der Waals surface area contributed by atoms with Crippen molar-refractivity contribution < 1.29 is 14.9 Å². The van der Waals surface area contributed by atoms with Crippen molar-refractivity contribution in [2.75, 3.05) is 12.3 Å². The molecule has 8 heteroatoms. The third-order valence-corrected chi connectivity index (χ3v) is 3.18. The molecule has 4 N–H and O–H groups in total. The third-order valence-electron chi connectivity index (χ3n) is 3.18. The van der Waals surface area contributed by atoms with E-state index in [1.54, 1.807) is 0 Å². The lowest BCUT2D eigenvalue weighted by Crippen LogP contribution is -2.41. The van der Waals surface area contributed by atoms with Crippen LogP contribution in [0.25, 0.3) is 0 Å². The van der Waals surface area contributed by atoms with Gasteiger partial charge in [0, 0.05) is 12.6 Å². The standard InChI is InChI=1S/C11H14N4O4/c1-10(18)5-11(6-12,19-7(10)4-16)15-3-2-8(13)14-9(15)17/h2-3,7,16,18H,4-5H2,1H3,(H2,13,14,17). The molecule has 3 atom stereocenters. The predicted molar refractivity (Wildman–Crippen MR) is 63.7 cm³/mol. The molecule has 1 aromatic heterocycles. The Hall–Kier alpha value is -1.95. The molecule has 0 bridgehead atoms. The molecule has 1 aromatic rings. The van der Waals surface area contributed by atoms with Gasteiger partial charge in [-0.05, 0) is 13.0 Å². The first-order valence-corrected chi connectivity index (χ1v) is 5.62. The van der Waals surface area contributed by atoms with E-state index in [9.17, 15) is 20.3 Å². The SMILES string of the molecule is CC1(O)CC(C#N)(n2ccc(N)nc2=O)OC1CO. The van der Waals surface area contributed by atoms with Gasteiger partial charge in [0.1, 0.15) is 18.0 Å². The highest BCUT2D eigenvalue weighted by atomic mass is 16.6. The van der Waals surface area contributed by atoms with Crippen LogP contribution in [0.3, 0.4) is 0 Å². The van der Waals surface area contributed by atoms with Crippen LogP contribution in [0, 0.1) is 11.3 Å². The van der Waals surface area contributed by atoms with Crippen molar-refractivity contribution in [3.63, 3.8) is 0 Å². The first-order chi connectivity index (χ1) is 8.84. The van der Waals surface area contributed by atoms with E-state index in [-0.39, 0.29) is 12.2 Å². The number of anilines is 1. The summed E-state index contributed by atoms with van der Waals surface area (Å²) >= 11 is 0. The zero-order valence-electron chi connectivity index (χ0n) is 10.3. The summed E-state index contributed by atoms with van der Waals surface area (Å²) in [5.74, 6) is 0.0257. The average molecular weight is 266 g/mol. The quantitative estimate of drug-likeness (QED) is 0.595. The fourth-order valence-electron chi connectivity index (χ4n) is 2.19. The Morgan fingerprint density at radius 2 is 2.47 bits per heavy atom. The minimum absolute atomic E-state index is 0.0257. The number of nitrogens with two attached hydrogens (primary N) is 1. The normalized spacial score (nSPS) is 34.1. The first kappa shape index (κ1) is 13.5. The zero-order chi connectivity index (χ0) is 14.3. The van der Waals surface area contributed by atoms with Gasteiger partial charge in [-0.3, -0.25) is 4.57 Å². The van der Waals surface area contributed by atoms with Crippen LogP contribution in [0.5, 0.6) is 0 Å². The van der Waals surface area contributed by atoms with Crippen molar-refractivity contribution in [1.29, 1.82) is 5.26 Å². The molecule has 0 aromatic carbocycles. The second-order valence-electron chi connectivity index (χ2n) is 4.72. The fraction of sp³-hybridized carbons (Fsp3) is 0.545. The second-order valence-corrected chi connectivity index (χ2v) is 4.72. The van der Waals surface area contributed by atoms with E-state index in [0.29, 0.717) is 0 Å². The predicted octanol–water partition coefficient (Wildman–Crippen LogP) is -1.47. The van der Waals surface area contributed by atoms with E-state index in [0.717, 1.165) is 4.57 Å². The van der Waals surface area contributed by atoms with E-state index >= 15 is 0 Å². The molecule has 0 radical (unpaired) electrons. The highest BCUT2D eigenvalue weighted by molar-refractivity contribution is 5.25. The van der Waals surface area contributed by atoms with Crippen molar-refractivity contribution in [1.82, 2.24) is 9.55 Å². The van der Waals surface area contributed by atoms with Gasteiger partial charge in [0.2, 0.25) is 5.72 Å². The van der Waals surface area contributed by atoms with Crippen molar-refractivity contribution in [2.45, 2.75) is 30.8 Å². The summed E-state index contributed by atoms with van der Waals surface area (Å²) in [7, 11) is 0. The van der Waals surface area contributed by atoms with Crippen LogP contribution < -0.4 is 11.4 Å². The highest BCUT2D eigenvalue weighted by Crippen LogP contribution is 2.40. The summed E-state index contributed by atoms with van der Waals surface area (Å²) < 4.78 is 6.36. The van der Waals surface area contributed by atoms with Crippen LogP contribution in [0.15, 0.2) is 17.1 Å². The monoisotopic (exact) mass is 266 g/mol. The number of aliphatic hydroxyl groups is 2. The van der Waals surface area contributed by atoms with Crippen LogP contribution in [0.4, 0.5) is 5.82 Å². The number of hydrogen-bond donors (Lipinski definition) is 3. The summed E-state index contributed by atoms with van der Waals surface area (Å²) in [5.41, 5.74) is 1.50. The van der Waals surface area contributed by atoms with Crippen LogP contribution >= 0.6 is 0 Å². The summed E-state index contributed by atoms with van der Waals surface area (Å²) in [6.45, 7) is 0.969. The van der Waals surface area contributed by atoms with Crippen molar-refractivity contribution in [3.05, 3.63) is 22.7 Å². The number of aliphatic hydroxyl groups excluding tert-OH is 1. The molecule has 0 spiro atoms. The van der Waals surface area contributed by atoms with E-state index in [1.807, 2.05) is 6.07 Å². The van der Waals surface area contributed by atoms with Gasteiger partial charge in [-0.25, -0.2) is 4.79 Å². The topological polar surface area (TPSA) is 134 Å². The highest BCUT2D eigenvalue weighted by Gasteiger charge is 2.54. The van der Waals surface area contributed by atoms with Crippen LogP contribution in [-0.2, 0) is 10.5 Å². The van der Waals surface area contributed by atoms with Gasteiger partial charge in [0.25, 0.3) is 0 Å². The Bertz CT molecular complexity index is 591.